The normalized spacial score (nSPS) is 9.91. The summed E-state index contributed by atoms with van der Waals surface area (Å²) in [6, 6.07) is 5.18. The van der Waals surface area contributed by atoms with Gasteiger partial charge in [-0.25, -0.2) is 4.79 Å². The van der Waals surface area contributed by atoms with E-state index in [2.05, 4.69) is 10.6 Å². The number of urea groups is 1. The van der Waals surface area contributed by atoms with Crippen LogP contribution in [0.2, 0.25) is 0 Å². The van der Waals surface area contributed by atoms with Gasteiger partial charge in [0, 0.05) is 19.5 Å². The molecule has 0 aliphatic carbocycles. The second-order valence-electron chi connectivity index (χ2n) is 4.61. The Hall–Kier alpha value is -2.44. The van der Waals surface area contributed by atoms with Gasteiger partial charge in [0.1, 0.15) is 11.5 Å². The first-order chi connectivity index (χ1) is 10.6. The number of aliphatic carboxylic acids is 1. The van der Waals surface area contributed by atoms with Gasteiger partial charge in [0.25, 0.3) is 0 Å². The van der Waals surface area contributed by atoms with Gasteiger partial charge in [-0.05, 0) is 36.6 Å². The number of carbonyl (C=O) groups excluding carboxylic acids is 1. The summed E-state index contributed by atoms with van der Waals surface area (Å²) in [7, 11) is 3.18. The van der Waals surface area contributed by atoms with E-state index in [9.17, 15) is 9.59 Å². The lowest BCUT2D eigenvalue weighted by molar-refractivity contribution is -0.137. The number of benzene rings is 1. The number of rotatable bonds is 9. The summed E-state index contributed by atoms with van der Waals surface area (Å²) in [5.74, 6) is 0.603. The molecule has 0 saturated heterocycles. The van der Waals surface area contributed by atoms with Crippen molar-refractivity contribution in [1.82, 2.24) is 10.6 Å². The highest BCUT2D eigenvalue weighted by Gasteiger charge is 2.06. The van der Waals surface area contributed by atoms with Crippen molar-refractivity contribution in [3.8, 4) is 11.5 Å². The quantitative estimate of drug-likeness (QED) is 0.599. The molecule has 7 heteroatoms. The predicted molar refractivity (Wildman–Crippen MR) is 81.5 cm³/mol. The van der Waals surface area contributed by atoms with Gasteiger partial charge >= 0.3 is 12.0 Å². The average molecular weight is 310 g/mol. The Bertz CT molecular complexity index is 505. The third kappa shape index (κ3) is 6.34. The largest absolute Gasteiger partial charge is 0.497 e. The Labute approximate surface area is 129 Å². The molecule has 1 rings (SSSR count). The Balaban J connectivity index is 2.34. The molecule has 0 saturated carbocycles. The van der Waals surface area contributed by atoms with Crippen molar-refractivity contribution in [2.75, 3.05) is 27.3 Å². The number of hydrogen-bond donors (Lipinski definition) is 3. The molecule has 0 unspecified atom stereocenters. The number of ether oxygens (including phenoxy) is 2. The van der Waals surface area contributed by atoms with Crippen molar-refractivity contribution < 1.29 is 24.2 Å². The molecular weight excluding hydrogens is 288 g/mol. The number of amides is 2. The van der Waals surface area contributed by atoms with Gasteiger partial charge in [-0.15, -0.1) is 0 Å². The van der Waals surface area contributed by atoms with Gasteiger partial charge in [0.15, 0.2) is 0 Å². The van der Waals surface area contributed by atoms with Crippen molar-refractivity contribution in [3.63, 3.8) is 0 Å². The summed E-state index contributed by atoms with van der Waals surface area (Å²) in [5.41, 5.74) is 0.938. The minimum absolute atomic E-state index is 0.0429. The van der Waals surface area contributed by atoms with E-state index in [0.717, 1.165) is 17.1 Å². The smallest absolute Gasteiger partial charge is 0.314 e. The minimum Gasteiger partial charge on any atom is -0.497 e. The monoisotopic (exact) mass is 310 g/mol. The van der Waals surface area contributed by atoms with E-state index in [1.165, 1.54) is 0 Å². The molecule has 0 heterocycles. The van der Waals surface area contributed by atoms with Crippen molar-refractivity contribution in [1.29, 1.82) is 0 Å². The Morgan fingerprint density at radius 1 is 1.14 bits per heavy atom. The second-order valence-corrected chi connectivity index (χ2v) is 4.61. The van der Waals surface area contributed by atoms with Crippen LogP contribution in [-0.4, -0.2) is 44.4 Å². The van der Waals surface area contributed by atoms with E-state index >= 15 is 0 Å². The lowest BCUT2D eigenvalue weighted by Gasteiger charge is -2.11. The fourth-order valence-corrected chi connectivity index (χ4v) is 1.89. The van der Waals surface area contributed by atoms with Crippen LogP contribution in [0.15, 0.2) is 18.2 Å². The zero-order valence-electron chi connectivity index (χ0n) is 12.8. The lowest BCUT2D eigenvalue weighted by Crippen LogP contribution is -2.37. The Kier molecular flexibility index (Phi) is 7.60. The molecular formula is C15H22N2O5. The van der Waals surface area contributed by atoms with Crippen LogP contribution in [0.4, 0.5) is 4.79 Å². The second kappa shape index (κ2) is 9.49. The van der Waals surface area contributed by atoms with Gasteiger partial charge in [-0.2, -0.15) is 0 Å². The molecule has 0 aromatic heterocycles. The molecule has 122 valence electrons. The molecule has 1 aromatic carbocycles. The SMILES string of the molecule is COc1ccc(OC)c(CCNC(=O)NCCCC(=O)O)c1. The highest BCUT2D eigenvalue weighted by atomic mass is 16.5. The molecule has 0 aliphatic heterocycles. The first kappa shape index (κ1) is 17.6. The molecule has 0 bridgehead atoms. The van der Waals surface area contributed by atoms with Crippen LogP contribution < -0.4 is 20.1 Å². The van der Waals surface area contributed by atoms with Gasteiger partial charge in [0.2, 0.25) is 0 Å². The number of nitrogens with one attached hydrogen (secondary N) is 2. The van der Waals surface area contributed by atoms with Crippen LogP contribution >= 0.6 is 0 Å². The fourth-order valence-electron chi connectivity index (χ4n) is 1.89. The van der Waals surface area contributed by atoms with Crippen LogP contribution in [0.5, 0.6) is 11.5 Å². The Morgan fingerprint density at radius 3 is 2.50 bits per heavy atom. The molecule has 0 fully saturated rings. The van der Waals surface area contributed by atoms with Crippen molar-refractivity contribution >= 4 is 12.0 Å². The minimum atomic E-state index is -0.868. The topological polar surface area (TPSA) is 96.9 Å². The van der Waals surface area contributed by atoms with E-state index in [4.69, 9.17) is 14.6 Å². The van der Waals surface area contributed by atoms with Crippen LogP contribution in [0.25, 0.3) is 0 Å². The summed E-state index contributed by atoms with van der Waals surface area (Å²) in [5, 5.41) is 13.8. The summed E-state index contributed by atoms with van der Waals surface area (Å²) in [6.07, 6.45) is 1.05. The van der Waals surface area contributed by atoms with E-state index in [-0.39, 0.29) is 12.5 Å². The molecule has 0 aliphatic rings. The highest BCUT2D eigenvalue weighted by Crippen LogP contribution is 2.23. The van der Waals surface area contributed by atoms with Crippen molar-refractivity contribution in [2.24, 2.45) is 0 Å². The summed E-state index contributed by atoms with van der Waals surface area (Å²) < 4.78 is 10.4. The molecule has 0 atom stereocenters. The molecule has 22 heavy (non-hydrogen) atoms. The standard InChI is InChI=1S/C15H22N2O5/c1-21-12-5-6-13(22-2)11(10-12)7-9-17-15(20)16-8-3-4-14(18)19/h5-6,10H,3-4,7-9H2,1-2H3,(H,18,19)(H2,16,17,20). The fraction of sp³-hybridized carbons (Fsp3) is 0.467. The van der Waals surface area contributed by atoms with Crippen molar-refractivity contribution in [3.05, 3.63) is 23.8 Å². The number of hydrogen-bond acceptors (Lipinski definition) is 4. The Morgan fingerprint density at radius 2 is 1.86 bits per heavy atom. The van der Waals surface area contributed by atoms with Gasteiger partial charge in [-0.3, -0.25) is 4.79 Å². The molecule has 3 N–H and O–H groups in total. The molecule has 1 aromatic rings. The third-order valence-corrected chi connectivity index (χ3v) is 3.02. The van der Waals surface area contributed by atoms with Gasteiger partial charge in [-0.1, -0.05) is 0 Å². The van der Waals surface area contributed by atoms with E-state index in [1.807, 2.05) is 18.2 Å². The maximum absolute atomic E-state index is 11.5. The lowest BCUT2D eigenvalue weighted by atomic mass is 10.1. The third-order valence-electron chi connectivity index (χ3n) is 3.02. The van der Waals surface area contributed by atoms with Gasteiger partial charge < -0.3 is 25.2 Å². The maximum Gasteiger partial charge on any atom is 0.314 e. The zero-order valence-corrected chi connectivity index (χ0v) is 12.8. The predicted octanol–water partition coefficient (Wildman–Crippen LogP) is 1.41. The van der Waals surface area contributed by atoms with E-state index in [0.29, 0.717) is 25.9 Å². The molecule has 2 amide bonds. The van der Waals surface area contributed by atoms with Gasteiger partial charge in [0.05, 0.1) is 14.2 Å². The molecule has 0 radical (unpaired) electrons. The van der Waals surface area contributed by atoms with E-state index in [1.54, 1.807) is 14.2 Å². The summed E-state index contributed by atoms with van der Waals surface area (Å²) in [4.78, 5) is 21.9. The van der Waals surface area contributed by atoms with Crippen LogP contribution in [-0.2, 0) is 11.2 Å². The maximum atomic E-state index is 11.5. The number of methoxy groups -OCH3 is 2. The van der Waals surface area contributed by atoms with Crippen molar-refractivity contribution in [2.45, 2.75) is 19.3 Å². The first-order valence-electron chi connectivity index (χ1n) is 7.01. The molecule has 0 spiro atoms. The number of carbonyl (C=O) groups is 2. The first-order valence-corrected chi connectivity index (χ1v) is 7.01. The number of carboxylic acids is 1. The van der Waals surface area contributed by atoms with E-state index < -0.39 is 5.97 Å². The average Bonchev–Trinajstić information content (AvgIpc) is 2.51. The summed E-state index contributed by atoms with van der Waals surface area (Å²) >= 11 is 0. The number of carboxylic acid groups (broad SMARTS) is 1. The zero-order chi connectivity index (χ0) is 16.4. The molecule has 7 nitrogen and oxygen atoms in total. The van der Waals surface area contributed by atoms with Crippen LogP contribution in [0, 0.1) is 0 Å². The summed E-state index contributed by atoms with van der Waals surface area (Å²) in [6.45, 7) is 0.773. The van der Waals surface area contributed by atoms with Crippen LogP contribution in [0.3, 0.4) is 0 Å². The highest BCUT2D eigenvalue weighted by molar-refractivity contribution is 5.73. The van der Waals surface area contributed by atoms with Crippen LogP contribution in [0.1, 0.15) is 18.4 Å².